The van der Waals surface area contributed by atoms with Gasteiger partial charge in [0.25, 0.3) is 0 Å². The van der Waals surface area contributed by atoms with Gasteiger partial charge < -0.3 is 37.6 Å². The second-order valence-electron chi connectivity index (χ2n) is 8.91. The van der Waals surface area contributed by atoms with E-state index in [1.54, 1.807) is 13.8 Å². The van der Waals surface area contributed by atoms with E-state index in [2.05, 4.69) is 21.3 Å². The summed E-state index contributed by atoms with van der Waals surface area (Å²) < 4.78 is 0. The van der Waals surface area contributed by atoms with Crippen molar-refractivity contribution in [3.63, 3.8) is 0 Å². The average molecular weight is 498 g/mol. The molecule has 13 nitrogen and oxygen atoms in total. The van der Waals surface area contributed by atoms with Gasteiger partial charge in [-0.3, -0.25) is 28.8 Å². The fraction of sp³-hybridized carbons (Fsp3) is 0.727. The number of nitrogens with two attached hydrogens (primary N) is 2. The molecule has 0 bridgehead atoms. The van der Waals surface area contributed by atoms with Crippen LogP contribution in [0.3, 0.4) is 0 Å². The van der Waals surface area contributed by atoms with Gasteiger partial charge in [-0.25, -0.2) is 0 Å². The molecule has 0 spiro atoms. The lowest BCUT2D eigenvalue weighted by atomic mass is 10.0. The Kier molecular flexibility index (Phi) is 12.7. The molecule has 1 fully saturated rings. The molecule has 0 radical (unpaired) electrons. The zero-order valence-electron chi connectivity index (χ0n) is 20.7. The fourth-order valence-corrected chi connectivity index (χ4v) is 3.72. The number of hydrogen-bond acceptors (Lipinski definition) is 7. The van der Waals surface area contributed by atoms with Crippen molar-refractivity contribution >= 4 is 35.4 Å². The number of amides is 6. The van der Waals surface area contributed by atoms with E-state index in [-0.39, 0.29) is 24.3 Å². The lowest BCUT2D eigenvalue weighted by Crippen LogP contribution is -2.56. The number of primary amides is 1. The Hall–Kier alpha value is -3.22. The Morgan fingerprint density at radius 3 is 2.26 bits per heavy atom. The quantitative estimate of drug-likeness (QED) is 0.142. The minimum Gasteiger partial charge on any atom is -0.368 e. The molecule has 0 aromatic carbocycles. The standard InChI is InChI=1S/C22H39N7O6/c1-13(2)19(22(35)27-15(20(24)33)7-4-5-9-23)28-17(31)11-26-21(34)16-8-6-10-29(16)18(32)12-25-14(3)30/h13,15-16,19H,4-12,23H2,1-3H3,(H2,24,33)(H,25,30)(H,26,34)(H,27,35)(H,28,31)/t15-,16-,19?/m0/s1. The number of carbonyl (C=O) groups is 6. The van der Waals surface area contributed by atoms with E-state index < -0.39 is 48.3 Å². The Morgan fingerprint density at radius 2 is 1.69 bits per heavy atom. The third-order valence-electron chi connectivity index (χ3n) is 5.66. The Morgan fingerprint density at radius 1 is 1.00 bits per heavy atom. The van der Waals surface area contributed by atoms with Crippen molar-refractivity contribution < 1.29 is 28.8 Å². The highest BCUT2D eigenvalue weighted by Gasteiger charge is 2.34. The largest absolute Gasteiger partial charge is 0.368 e. The summed E-state index contributed by atoms with van der Waals surface area (Å²) >= 11 is 0. The van der Waals surface area contributed by atoms with E-state index in [1.807, 2.05) is 0 Å². The highest BCUT2D eigenvalue weighted by molar-refractivity contribution is 5.94. The summed E-state index contributed by atoms with van der Waals surface area (Å²) in [5.41, 5.74) is 10.8. The molecule has 0 aliphatic carbocycles. The normalized spacial score (nSPS) is 16.8. The number of likely N-dealkylation sites (tertiary alicyclic amines) is 1. The van der Waals surface area contributed by atoms with Gasteiger partial charge in [0.05, 0.1) is 13.1 Å². The summed E-state index contributed by atoms with van der Waals surface area (Å²) in [6, 6.07) is -2.56. The monoisotopic (exact) mass is 497 g/mol. The van der Waals surface area contributed by atoms with Crippen LogP contribution in [0.25, 0.3) is 0 Å². The molecular weight excluding hydrogens is 458 g/mol. The molecule has 198 valence electrons. The van der Waals surface area contributed by atoms with Gasteiger partial charge in [-0.2, -0.15) is 0 Å². The van der Waals surface area contributed by atoms with Crippen LogP contribution in [0.1, 0.15) is 52.9 Å². The van der Waals surface area contributed by atoms with E-state index >= 15 is 0 Å². The number of rotatable bonds is 14. The number of nitrogens with one attached hydrogen (secondary N) is 4. The lowest BCUT2D eigenvalue weighted by molar-refractivity contribution is -0.139. The molecule has 8 N–H and O–H groups in total. The van der Waals surface area contributed by atoms with Gasteiger partial charge >= 0.3 is 0 Å². The van der Waals surface area contributed by atoms with Gasteiger partial charge in [0.2, 0.25) is 35.4 Å². The molecule has 0 aromatic heterocycles. The second kappa shape index (κ2) is 14.9. The van der Waals surface area contributed by atoms with Crippen molar-refractivity contribution in [1.29, 1.82) is 0 Å². The first-order chi connectivity index (χ1) is 16.5. The number of nitrogens with zero attached hydrogens (tertiary/aromatic N) is 1. The fourth-order valence-electron chi connectivity index (χ4n) is 3.72. The van der Waals surface area contributed by atoms with Gasteiger partial charge in [0, 0.05) is 13.5 Å². The molecule has 1 saturated heterocycles. The molecule has 35 heavy (non-hydrogen) atoms. The minimum atomic E-state index is -0.946. The van der Waals surface area contributed by atoms with Gasteiger partial charge in [0.15, 0.2) is 0 Å². The third kappa shape index (κ3) is 10.3. The summed E-state index contributed by atoms with van der Waals surface area (Å²) in [7, 11) is 0. The van der Waals surface area contributed by atoms with Crippen LogP contribution >= 0.6 is 0 Å². The molecule has 1 aliphatic heterocycles. The van der Waals surface area contributed by atoms with Gasteiger partial charge in [-0.05, 0) is 44.6 Å². The SMILES string of the molecule is CC(=O)NCC(=O)N1CCC[C@H]1C(=O)NCC(=O)NC(C(=O)N[C@@H](CCCCN)C(N)=O)C(C)C. The summed E-state index contributed by atoms with van der Waals surface area (Å²) in [5.74, 6) is -3.35. The third-order valence-corrected chi connectivity index (χ3v) is 5.66. The van der Waals surface area contributed by atoms with Crippen LogP contribution < -0.4 is 32.7 Å². The van der Waals surface area contributed by atoms with Crippen molar-refractivity contribution in [3.8, 4) is 0 Å². The second-order valence-corrected chi connectivity index (χ2v) is 8.91. The molecule has 1 aliphatic rings. The Balaban J connectivity index is 2.63. The Bertz CT molecular complexity index is 788. The van der Waals surface area contributed by atoms with Crippen molar-refractivity contribution in [2.75, 3.05) is 26.2 Å². The van der Waals surface area contributed by atoms with Crippen LogP contribution in [0.15, 0.2) is 0 Å². The maximum atomic E-state index is 12.7. The van der Waals surface area contributed by atoms with E-state index in [0.717, 1.165) is 0 Å². The van der Waals surface area contributed by atoms with E-state index in [1.165, 1.54) is 11.8 Å². The van der Waals surface area contributed by atoms with Gasteiger partial charge in [-0.15, -0.1) is 0 Å². The summed E-state index contributed by atoms with van der Waals surface area (Å²) in [5, 5.41) is 10.1. The van der Waals surface area contributed by atoms with Crippen molar-refractivity contribution in [3.05, 3.63) is 0 Å². The number of unbranched alkanes of at least 4 members (excludes halogenated alkanes) is 1. The first kappa shape index (κ1) is 29.8. The zero-order chi connectivity index (χ0) is 26.5. The molecule has 3 atom stereocenters. The minimum absolute atomic E-state index is 0.205. The molecular formula is C22H39N7O6. The van der Waals surface area contributed by atoms with Gasteiger partial charge in [0.1, 0.15) is 18.1 Å². The predicted molar refractivity (Wildman–Crippen MR) is 127 cm³/mol. The van der Waals surface area contributed by atoms with Crippen LogP contribution in [0.5, 0.6) is 0 Å². The average Bonchev–Trinajstić information content (AvgIpc) is 3.28. The highest BCUT2D eigenvalue weighted by atomic mass is 16.2. The van der Waals surface area contributed by atoms with Crippen LogP contribution in [0.4, 0.5) is 0 Å². The van der Waals surface area contributed by atoms with E-state index in [4.69, 9.17) is 11.5 Å². The maximum Gasteiger partial charge on any atom is 0.243 e. The van der Waals surface area contributed by atoms with Crippen LogP contribution in [-0.2, 0) is 28.8 Å². The predicted octanol–water partition coefficient (Wildman–Crippen LogP) is -2.53. The zero-order valence-corrected chi connectivity index (χ0v) is 20.7. The van der Waals surface area contributed by atoms with Crippen LogP contribution in [0.2, 0.25) is 0 Å². The summed E-state index contributed by atoms with van der Waals surface area (Å²) in [6.07, 6.45) is 2.69. The molecule has 1 heterocycles. The van der Waals surface area contributed by atoms with Gasteiger partial charge in [-0.1, -0.05) is 13.8 Å². The lowest BCUT2D eigenvalue weighted by Gasteiger charge is -2.25. The van der Waals surface area contributed by atoms with E-state index in [0.29, 0.717) is 45.2 Å². The summed E-state index contributed by atoms with van der Waals surface area (Å²) in [6.45, 7) is 4.99. The van der Waals surface area contributed by atoms with Crippen LogP contribution in [0, 0.1) is 5.92 Å². The van der Waals surface area contributed by atoms with E-state index in [9.17, 15) is 28.8 Å². The van der Waals surface area contributed by atoms with Crippen molar-refractivity contribution in [1.82, 2.24) is 26.2 Å². The first-order valence-electron chi connectivity index (χ1n) is 11.9. The first-order valence-corrected chi connectivity index (χ1v) is 11.9. The smallest absolute Gasteiger partial charge is 0.243 e. The summed E-state index contributed by atoms with van der Waals surface area (Å²) in [4.78, 5) is 74.2. The van der Waals surface area contributed by atoms with Crippen molar-refractivity contribution in [2.24, 2.45) is 17.4 Å². The highest BCUT2D eigenvalue weighted by Crippen LogP contribution is 2.17. The maximum absolute atomic E-state index is 12.7. The number of carbonyl (C=O) groups excluding carboxylic acids is 6. The molecule has 6 amide bonds. The van der Waals surface area contributed by atoms with Crippen molar-refractivity contribution in [2.45, 2.75) is 71.0 Å². The number of hydrogen-bond donors (Lipinski definition) is 6. The topological polar surface area (TPSA) is 206 Å². The van der Waals surface area contributed by atoms with Crippen LogP contribution in [-0.4, -0.2) is 84.6 Å². The molecule has 1 rings (SSSR count). The molecule has 0 aromatic rings. The molecule has 1 unspecified atom stereocenters. The molecule has 13 heteroatoms. The molecule has 0 saturated carbocycles. The Labute approximate surface area is 205 Å².